The molecular weight excluding hydrogens is 356 g/mol. The van der Waals surface area contributed by atoms with Gasteiger partial charge in [0.1, 0.15) is 5.60 Å². The van der Waals surface area contributed by atoms with Gasteiger partial charge in [0.25, 0.3) is 0 Å². The van der Waals surface area contributed by atoms with Crippen molar-refractivity contribution in [1.82, 2.24) is 4.90 Å². The van der Waals surface area contributed by atoms with Gasteiger partial charge >= 0.3 is 6.09 Å². The highest BCUT2D eigenvalue weighted by atomic mass is 79.9. The monoisotopic (exact) mass is 380 g/mol. The number of hydrogen-bond donors (Lipinski definition) is 1. The molecular formula is C18H25BrN2O2. The molecule has 2 atom stereocenters. The molecule has 2 aliphatic heterocycles. The van der Waals surface area contributed by atoms with Gasteiger partial charge in [-0.05, 0) is 74.5 Å². The molecule has 126 valence electrons. The van der Waals surface area contributed by atoms with Crippen LogP contribution in [0.25, 0.3) is 0 Å². The largest absolute Gasteiger partial charge is 0.444 e. The van der Waals surface area contributed by atoms with Crippen molar-refractivity contribution in [2.24, 2.45) is 0 Å². The van der Waals surface area contributed by atoms with Crippen molar-refractivity contribution >= 4 is 27.7 Å². The standard InChI is InChI=1S/C18H25BrN2O2/c1-18(2,3)23-17(22)21-13-8-9-14(21)11-12(10-13)20-16-7-5-4-6-15(16)19/h4-7,12-14,20H,8-11H2,1-3H3. The van der Waals surface area contributed by atoms with Crippen molar-refractivity contribution in [3.05, 3.63) is 28.7 Å². The van der Waals surface area contributed by atoms with Gasteiger partial charge in [-0.15, -0.1) is 0 Å². The smallest absolute Gasteiger partial charge is 0.410 e. The summed E-state index contributed by atoms with van der Waals surface area (Å²) < 4.78 is 6.67. The Morgan fingerprint density at radius 3 is 2.39 bits per heavy atom. The highest BCUT2D eigenvalue weighted by Gasteiger charge is 2.44. The number of anilines is 1. The summed E-state index contributed by atoms with van der Waals surface area (Å²) in [6.07, 6.45) is 3.98. The van der Waals surface area contributed by atoms with Gasteiger partial charge in [0.05, 0.1) is 0 Å². The lowest BCUT2D eigenvalue weighted by Gasteiger charge is -2.40. The molecule has 23 heavy (non-hydrogen) atoms. The highest BCUT2D eigenvalue weighted by Crippen LogP contribution is 2.38. The summed E-state index contributed by atoms with van der Waals surface area (Å²) in [7, 11) is 0. The van der Waals surface area contributed by atoms with Crippen LogP contribution in [-0.2, 0) is 4.74 Å². The second-order valence-electron chi connectivity index (χ2n) is 7.57. The number of piperidine rings is 1. The van der Waals surface area contributed by atoms with Crippen LogP contribution >= 0.6 is 15.9 Å². The van der Waals surface area contributed by atoms with Gasteiger partial charge in [0.15, 0.2) is 0 Å². The molecule has 1 N–H and O–H groups in total. The molecule has 3 rings (SSSR count). The minimum absolute atomic E-state index is 0.149. The van der Waals surface area contributed by atoms with Crippen molar-refractivity contribution in [2.45, 2.75) is 70.2 Å². The zero-order valence-electron chi connectivity index (χ0n) is 14.0. The second-order valence-corrected chi connectivity index (χ2v) is 8.42. The number of halogens is 1. The lowest BCUT2D eigenvalue weighted by molar-refractivity contribution is 0.00683. The molecule has 0 spiro atoms. The summed E-state index contributed by atoms with van der Waals surface area (Å²) in [6, 6.07) is 9.19. The van der Waals surface area contributed by atoms with Crippen LogP contribution in [0.2, 0.25) is 0 Å². The first-order valence-electron chi connectivity index (χ1n) is 8.36. The number of amides is 1. The summed E-state index contributed by atoms with van der Waals surface area (Å²) >= 11 is 3.59. The Morgan fingerprint density at radius 2 is 1.83 bits per heavy atom. The van der Waals surface area contributed by atoms with E-state index in [2.05, 4.69) is 27.3 Å². The molecule has 2 fully saturated rings. The number of nitrogens with zero attached hydrogens (tertiary/aromatic N) is 1. The van der Waals surface area contributed by atoms with E-state index in [1.807, 2.05) is 43.9 Å². The fraction of sp³-hybridized carbons (Fsp3) is 0.611. The van der Waals surface area contributed by atoms with Crippen molar-refractivity contribution in [2.75, 3.05) is 5.32 Å². The molecule has 2 heterocycles. The van der Waals surface area contributed by atoms with Crippen LogP contribution in [0.15, 0.2) is 28.7 Å². The maximum Gasteiger partial charge on any atom is 0.410 e. The highest BCUT2D eigenvalue weighted by molar-refractivity contribution is 9.10. The number of carbonyl (C=O) groups is 1. The maximum absolute atomic E-state index is 12.5. The van der Waals surface area contributed by atoms with E-state index in [0.717, 1.165) is 35.8 Å². The van der Waals surface area contributed by atoms with E-state index in [4.69, 9.17) is 4.74 Å². The Balaban J connectivity index is 1.65. The van der Waals surface area contributed by atoms with Gasteiger partial charge < -0.3 is 15.0 Å². The Labute approximate surface area is 146 Å². The third-order valence-electron chi connectivity index (χ3n) is 4.57. The van der Waals surface area contributed by atoms with Crippen molar-refractivity contribution in [3.63, 3.8) is 0 Å². The number of carbonyl (C=O) groups excluding carboxylic acids is 1. The van der Waals surface area contributed by atoms with E-state index in [1.165, 1.54) is 0 Å². The molecule has 2 saturated heterocycles. The minimum Gasteiger partial charge on any atom is -0.444 e. The number of fused-ring (bicyclic) bond motifs is 2. The van der Waals surface area contributed by atoms with Gasteiger partial charge in [-0.25, -0.2) is 4.79 Å². The van der Waals surface area contributed by atoms with Crippen LogP contribution in [0.4, 0.5) is 10.5 Å². The zero-order chi connectivity index (χ0) is 16.6. The molecule has 0 saturated carbocycles. The topological polar surface area (TPSA) is 41.6 Å². The van der Waals surface area contributed by atoms with Gasteiger partial charge in [-0.3, -0.25) is 0 Å². The second kappa shape index (κ2) is 6.34. The fourth-order valence-corrected chi connectivity index (χ4v) is 4.11. The number of rotatable bonds is 2. The minimum atomic E-state index is -0.430. The predicted molar refractivity (Wildman–Crippen MR) is 95.7 cm³/mol. The van der Waals surface area contributed by atoms with Crippen LogP contribution in [-0.4, -0.2) is 34.7 Å². The summed E-state index contributed by atoms with van der Waals surface area (Å²) in [6.45, 7) is 5.77. The molecule has 1 amide bonds. The number of benzene rings is 1. The van der Waals surface area contributed by atoms with E-state index in [1.54, 1.807) is 0 Å². The number of para-hydroxylation sites is 1. The molecule has 0 aliphatic carbocycles. The van der Waals surface area contributed by atoms with Crippen LogP contribution < -0.4 is 5.32 Å². The van der Waals surface area contributed by atoms with E-state index >= 15 is 0 Å². The van der Waals surface area contributed by atoms with Gasteiger partial charge in [0.2, 0.25) is 0 Å². The molecule has 1 aromatic rings. The molecule has 0 radical (unpaired) electrons. The number of hydrogen-bond acceptors (Lipinski definition) is 3. The van der Waals surface area contributed by atoms with Crippen LogP contribution in [0.5, 0.6) is 0 Å². The first-order chi connectivity index (χ1) is 10.8. The van der Waals surface area contributed by atoms with E-state index in [9.17, 15) is 4.79 Å². The summed E-state index contributed by atoms with van der Waals surface area (Å²) in [5, 5.41) is 3.63. The average molecular weight is 381 g/mol. The summed E-state index contributed by atoms with van der Waals surface area (Å²) in [5.74, 6) is 0. The summed E-state index contributed by atoms with van der Waals surface area (Å²) in [5.41, 5.74) is 0.697. The molecule has 4 nitrogen and oxygen atoms in total. The Morgan fingerprint density at radius 1 is 1.22 bits per heavy atom. The first kappa shape index (κ1) is 16.6. The van der Waals surface area contributed by atoms with Gasteiger partial charge in [-0.1, -0.05) is 12.1 Å². The third kappa shape index (κ3) is 3.82. The average Bonchev–Trinajstić information content (AvgIpc) is 2.72. The van der Waals surface area contributed by atoms with Crippen molar-refractivity contribution < 1.29 is 9.53 Å². The molecule has 0 aromatic heterocycles. The normalized spacial score (nSPS) is 27.0. The molecule has 1 aromatic carbocycles. The predicted octanol–water partition coefficient (Wildman–Crippen LogP) is 4.79. The number of nitrogens with one attached hydrogen (secondary N) is 1. The van der Waals surface area contributed by atoms with Gasteiger partial charge in [0, 0.05) is 28.3 Å². The molecule has 5 heteroatoms. The number of ether oxygens (including phenoxy) is 1. The van der Waals surface area contributed by atoms with Crippen LogP contribution in [0.3, 0.4) is 0 Å². The maximum atomic E-state index is 12.5. The van der Waals surface area contributed by atoms with Crippen LogP contribution in [0, 0.1) is 0 Å². The third-order valence-corrected chi connectivity index (χ3v) is 5.26. The van der Waals surface area contributed by atoms with E-state index < -0.39 is 5.60 Å². The Hall–Kier alpha value is -1.23. The Kier molecular flexibility index (Phi) is 4.59. The lowest BCUT2D eigenvalue weighted by Crippen LogP contribution is -2.51. The van der Waals surface area contributed by atoms with E-state index in [0.29, 0.717) is 18.1 Å². The molecule has 2 aliphatic rings. The zero-order valence-corrected chi connectivity index (χ0v) is 15.6. The van der Waals surface area contributed by atoms with E-state index in [-0.39, 0.29) is 6.09 Å². The molecule has 2 unspecified atom stereocenters. The summed E-state index contributed by atoms with van der Waals surface area (Å²) in [4.78, 5) is 14.5. The fourth-order valence-electron chi connectivity index (χ4n) is 3.71. The SMILES string of the molecule is CC(C)(C)OC(=O)N1C2CCC1CC(Nc1ccccc1Br)C2. The molecule has 2 bridgehead atoms. The first-order valence-corrected chi connectivity index (χ1v) is 9.15. The van der Waals surface area contributed by atoms with Crippen molar-refractivity contribution in [3.8, 4) is 0 Å². The Bertz CT molecular complexity index is 571. The lowest BCUT2D eigenvalue weighted by atomic mass is 9.97. The van der Waals surface area contributed by atoms with Gasteiger partial charge in [-0.2, -0.15) is 0 Å². The van der Waals surface area contributed by atoms with Crippen LogP contribution in [0.1, 0.15) is 46.5 Å². The quantitative estimate of drug-likeness (QED) is 0.801. The van der Waals surface area contributed by atoms with Crippen molar-refractivity contribution in [1.29, 1.82) is 0 Å².